The highest BCUT2D eigenvalue weighted by Crippen LogP contribution is 2.34. The second-order valence-electron chi connectivity index (χ2n) is 10.6. The third-order valence-corrected chi connectivity index (χ3v) is 6.94. The van der Waals surface area contributed by atoms with Gasteiger partial charge in [0.05, 0.1) is 0 Å². The van der Waals surface area contributed by atoms with E-state index in [2.05, 4.69) is 27.7 Å². The van der Waals surface area contributed by atoms with Crippen LogP contribution in [0.15, 0.2) is 0 Å². The highest BCUT2D eigenvalue weighted by Gasteiger charge is 2.29. The van der Waals surface area contributed by atoms with Crippen molar-refractivity contribution in [2.24, 2.45) is 23.7 Å². The van der Waals surface area contributed by atoms with Crippen LogP contribution in [0.5, 0.6) is 0 Å². The topological polar surface area (TPSA) is 0 Å². The number of alkyl halides is 2. The predicted molar refractivity (Wildman–Crippen MR) is 111 cm³/mol. The van der Waals surface area contributed by atoms with E-state index in [1.54, 1.807) is 13.8 Å². The molecule has 3 aliphatic carbocycles. The first-order valence-electron chi connectivity index (χ1n) is 11.4. The fourth-order valence-corrected chi connectivity index (χ4v) is 4.15. The summed E-state index contributed by atoms with van der Waals surface area (Å²) in [7, 11) is 0. The van der Waals surface area contributed by atoms with Gasteiger partial charge in [-0.2, -0.15) is 0 Å². The van der Waals surface area contributed by atoms with Crippen molar-refractivity contribution < 1.29 is 8.78 Å². The maximum atomic E-state index is 13.0. The minimum absolute atomic E-state index is 0.758. The number of halogens is 2. The molecule has 0 amide bonds. The molecule has 0 atom stereocenters. The molecule has 3 fully saturated rings. The summed E-state index contributed by atoms with van der Waals surface area (Å²) in [5.74, 6) is 3.56. The van der Waals surface area contributed by atoms with Crippen molar-refractivity contribution in [3.05, 3.63) is 0 Å². The van der Waals surface area contributed by atoms with Crippen LogP contribution in [0.3, 0.4) is 0 Å². The quantitative estimate of drug-likeness (QED) is 0.399. The molecule has 0 aromatic rings. The van der Waals surface area contributed by atoms with Gasteiger partial charge in [0, 0.05) is 0 Å². The van der Waals surface area contributed by atoms with Crippen molar-refractivity contribution in [1.29, 1.82) is 0 Å². The maximum Gasteiger partial charge on any atom is 0.108 e. The van der Waals surface area contributed by atoms with E-state index in [1.807, 2.05) is 0 Å². The second-order valence-corrected chi connectivity index (χ2v) is 10.6. The highest BCUT2D eigenvalue weighted by atomic mass is 19.1. The lowest BCUT2D eigenvalue weighted by atomic mass is 9.82. The first-order valence-corrected chi connectivity index (χ1v) is 11.4. The monoisotopic (exact) mass is 372 g/mol. The van der Waals surface area contributed by atoms with Crippen LogP contribution in [0.1, 0.15) is 119 Å². The molecule has 3 rings (SSSR count). The van der Waals surface area contributed by atoms with Gasteiger partial charge in [-0.25, -0.2) is 8.78 Å². The van der Waals surface area contributed by atoms with E-state index in [4.69, 9.17) is 0 Å². The lowest BCUT2D eigenvalue weighted by Gasteiger charge is -2.28. The molecule has 0 aromatic heterocycles. The van der Waals surface area contributed by atoms with Gasteiger partial charge in [-0.05, 0) is 88.9 Å². The Morgan fingerprint density at radius 1 is 0.462 bits per heavy atom. The third-order valence-electron chi connectivity index (χ3n) is 6.94. The van der Waals surface area contributed by atoms with Crippen molar-refractivity contribution in [2.75, 3.05) is 0 Å². The minimum atomic E-state index is -0.841. The van der Waals surface area contributed by atoms with E-state index in [9.17, 15) is 8.78 Å². The minimum Gasteiger partial charge on any atom is -0.244 e. The molecule has 0 nitrogen and oxygen atoms in total. The summed E-state index contributed by atoms with van der Waals surface area (Å²) in [5.41, 5.74) is -1.68. The van der Waals surface area contributed by atoms with Gasteiger partial charge in [-0.15, -0.1) is 0 Å². The first kappa shape index (κ1) is 23.9. The summed E-state index contributed by atoms with van der Waals surface area (Å²) in [4.78, 5) is 0. The molecule has 0 saturated heterocycles. The molecular formula is C24H46F2. The average molecular weight is 373 g/mol. The molecule has 0 unspecified atom stereocenters. The zero-order chi connectivity index (χ0) is 19.8. The Balaban J connectivity index is 0.000000195. The van der Waals surface area contributed by atoms with Gasteiger partial charge in [0.25, 0.3) is 0 Å². The van der Waals surface area contributed by atoms with Crippen LogP contribution in [0.25, 0.3) is 0 Å². The molecular weight excluding hydrogens is 326 g/mol. The van der Waals surface area contributed by atoms with Gasteiger partial charge in [0.15, 0.2) is 0 Å². The Labute approximate surface area is 162 Å². The van der Waals surface area contributed by atoms with Crippen LogP contribution in [-0.2, 0) is 0 Å². The lowest BCUT2D eigenvalue weighted by Crippen LogP contribution is -2.24. The molecule has 0 bridgehead atoms. The van der Waals surface area contributed by atoms with Crippen LogP contribution in [-0.4, -0.2) is 11.3 Å². The summed E-state index contributed by atoms with van der Waals surface area (Å²) >= 11 is 0. The van der Waals surface area contributed by atoms with Gasteiger partial charge >= 0.3 is 0 Å². The fourth-order valence-electron chi connectivity index (χ4n) is 4.15. The normalized spacial score (nSPS) is 43.4. The van der Waals surface area contributed by atoms with E-state index >= 15 is 0 Å². The van der Waals surface area contributed by atoms with Crippen molar-refractivity contribution in [2.45, 2.75) is 130 Å². The molecule has 0 aromatic carbocycles. The van der Waals surface area contributed by atoms with Crippen LogP contribution < -0.4 is 0 Å². The van der Waals surface area contributed by atoms with Crippen LogP contribution in [0.4, 0.5) is 8.78 Å². The van der Waals surface area contributed by atoms with Crippen molar-refractivity contribution in [1.82, 2.24) is 0 Å². The smallest absolute Gasteiger partial charge is 0.108 e. The summed E-state index contributed by atoms with van der Waals surface area (Å²) in [5, 5.41) is 0. The van der Waals surface area contributed by atoms with Gasteiger partial charge < -0.3 is 0 Å². The Kier molecular flexibility index (Phi) is 10.1. The molecule has 26 heavy (non-hydrogen) atoms. The lowest BCUT2D eigenvalue weighted by molar-refractivity contribution is 0.108. The summed E-state index contributed by atoms with van der Waals surface area (Å²) in [6.07, 6.45) is 13.3. The van der Waals surface area contributed by atoms with Crippen molar-refractivity contribution >= 4 is 0 Å². The Hall–Kier alpha value is -0.140. The van der Waals surface area contributed by atoms with Crippen LogP contribution in [0, 0.1) is 23.7 Å². The van der Waals surface area contributed by atoms with Gasteiger partial charge in [-0.1, -0.05) is 53.4 Å². The van der Waals surface area contributed by atoms with Crippen molar-refractivity contribution in [3.8, 4) is 0 Å². The zero-order valence-electron chi connectivity index (χ0n) is 18.6. The number of hydrogen-bond donors (Lipinski definition) is 0. The predicted octanol–water partition coefficient (Wildman–Crippen LogP) is 8.68. The highest BCUT2D eigenvalue weighted by molar-refractivity contribution is 4.80. The third kappa shape index (κ3) is 10.9. The van der Waals surface area contributed by atoms with Gasteiger partial charge in [0.2, 0.25) is 0 Å². The molecule has 0 heterocycles. The van der Waals surface area contributed by atoms with Gasteiger partial charge in [0.1, 0.15) is 11.3 Å². The fraction of sp³-hybridized carbons (Fsp3) is 1.00. The molecule has 0 aliphatic heterocycles. The Bertz CT molecular complexity index is 310. The number of hydrogen-bond acceptors (Lipinski definition) is 0. The summed E-state index contributed by atoms with van der Waals surface area (Å²) in [6, 6.07) is 0. The molecule has 0 spiro atoms. The van der Waals surface area contributed by atoms with Gasteiger partial charge in [-0.3, -0.25) is 0 Å². The maximum absolute atomic E-state index is 13.0. The largest absolute Gasteiger partial charge is 0.244 e. The Morgan fingerprint density at radius 2 is 0.654 bits per heavy atom. The van der Waals surface area contributed by atoms with E-state index in [-0.39, 0.29) is 0 Å². The van der Waals surface area contributed by atoms with E-state index in [0.717, 1.165) is 75.0 Å². The first-order chi connectivity index (χ1) is 12.0. The molecule has 3 saturated carbocycles. The standard InChI is InChI=1S/2C8H15F.C8H16/c2*1-7-3-5-8(2,9)6-4-7;1-7-3-5-8(2)6-4-7/h2*7H,3-6H2,1-2H3;7-8H,3-6H2,1-2H3. The molecule has 3 aliphatic rings. The molecule has 0 N–H and O–H groups in total. The summed E-state index contributed by atoms with van der Waals surface area (Å²) < 4.78 is 26.1. The van der Waals surface area contributed by atoms with E-state index in [1.165, 1.54) is 25.7 Å². The van der Waals surface area contributed by atoms with Crippen LogP contribution in [0.2, 0.25) is 0 Å². The SMILES string of the molecule is CC1CCC(C)(F)CC1.CC1CCC(C)(F)CC1.CC1CCC(C)CC1. The average Bonchev–Trinajstić information content (AvgIpc) is 2.57. The zero-order valence-corrected chi connectivity index (χ0v) is 18.6. The summed E-state index contributed by atoms with van der Waals surface area (Å²) in [6.45, 7) is 12.6. The second kappa shape index (κ2) is 11.0. The van der Waals surface area contributed by atoms with E-state index in [0.29, 0.717) is 0 Å². The number of rotatable bonds is 0. The molecule has 2 heteroatoms. The molecule has 0 radical (unpaired) electrons. The Morgan fingerprint density at radius 3 is 0.846 bits per heavy atom. The molecule has 156 valence electrons. The van der Waals surface area contributed by atoms with E-state index < -0.39 is 11.3 Å². The van der Waals surface area contributed by atoms with Crippen molar-refractivity contribution in [3.63, 3.8) is 0 Å². The van der Waals surface area contributed by atoms with Crippen LogP contribution >= 0.6 is 0 Å².